The third-order valence-corrected chi connectivity index (χ3v) is 32.7. The van der Waals surface area contributed by atoms with Gasteiger partial charge in [-0.15, -0.1) is 0 Å². The molecule has 0 nitrogen and oxygen atoms in total. The van der Waals surface area contributed by atoms with E-state index in [1.807, 2.05) is 13.8 Å². The Morgan fingerprint density at radius 2 is 0.731 bits per heavy atom. The smallest absolute Gasteiger partial charge is 0.0297 e. The Kier molecular flexibility index (Phi) is 44.4. The van der Waals surface area contributed by atoms with Crippen LogP contribution in [0.5, 0.6) is 0 Å². The Morgan fingerprint density at radius 3 is 0.954 bits per heavy atom. The molecule has 12 fully saturated rings. The minimum absolute atomic E-state index is 0.547. The molecule has 0 aromatic rings. The lowest BCUT2D eigenvalue weighted by atomic mass is 9.56. The predicted octanol–water partition coefficient (Wildman–Crippen LogP) is 38.0. The SMILES string of the molecule is CC.CC(C)(C)C1CCC1.CC1(C)CC(C)(C)CC(C)(C)C1.CC1C(C)(C)CCCC1(C)C.CC1CC(C(C)C)C1.CC1CC(C)(C)CC(C)(C)C1.CC1CCC(C)(C)CC1.CC1CCCC(C)C1C.CCC(C)C1CCC1.CCC1CC(C)(C)CC(C)(C)C1.C[C@@H]1CCCCC1(C)C.C[C@H]1CC2CCC1(C)C2. The van der Waals surface area contributed by atoms with Gasteiger partial charge in [0.05, 0.1) is 0 Å². The highest BCUT2D eigenvalue weighted by atomic mass is 14.5. The summed E-state index contributed by atoms with van der Waals surface area (Å²) in [6.07, 6.45) is 53.6. The first-order chi connectivity index (χ1) is 48.9. The summed E-state index contributed by atoms with van der Waals surface area (Å²) in [5.41, 5.74) is 7.78. The average molecular weight is 1510 g/mol. The van der Waals surface area contributed by atoms with E-state index in [-0.39, 0.29) is 0 Å². The molecule has 648 valence electrons. The van der Waals surface area contributed by atoms with E-state index < -0.39 is 0 Å². The zero-order valence-electron chi connectivity index (χ0n) is 83.9. The Morgan fingerprint density at radius 1 is 0.333 bits per heavy atom. The van der Waals surface area contributed by atoms with Crippen LogP contribution in [0.4, 0.5) is 0 Å². The summed E-state index contributed by atoms with van der Waals surface area (Å²) < 4.78 is 0. The molecule has 7 atom stereocenters. The fourth-order valence-corrected chi connectivity index (χ4v) is 25.3. The van der Waals surface area contributed by atoms with E-state index in [1.165, 1.54) is 238 Å². The van der Waals surface area contributed by atoms with E-state index in [1.54, 1.807) is 0 Å². The highest BCUT2D eigenvalue weighted by molar-refractivity contribution is 4.98. The minimum atomic E-state index is 0.547. The fourth-order valence-electron chi connectivity index (χ4n) is 25.3. The van der Waals surface area contributed by atoms with Gasteiger partial charge in [-0.3, -0.25) is 0 Å². The van der Waals surface area contributed by atoms with Gasteiger partial charge in [0.25, 0.3) is 0 Å². The van der Waals surface area contributed by atoms with Gasteiger partial charge in [-0.25, -0.2) is 0 Å². The molecule has 12 aliphatic carbocycles. The topological polar surface area (TPSA) is 0 Å². The molecular weight excluding hydrogens is 1300 g/mol. The van der Waals surface area contributed by atoms with Crippen LogP contribution in [0.15, 0.2) is 0 Å². The predicted molar refractivity (Wildman–Crippen MR) is 497 cm³/mol. The second-order valence-corrected chi connectivity index (χ2v) is 52.1. The zero-order valence-corrected chi connectivity index (χ0v) is 83.9. The van der Waals surface area contributed by atoms with Gasteiger partial charge in [-0.1, -0.05) is 387 Å². The van der Waals surface area contributed by atoms with Crippen LogP contribution in [0.3, 0.4) is 0 Å². The van der Waals surface area contributed by atoms with Gasteiger partial charge in [0.15, 0.2) is 0 Å². The maximum Gasteiger partial charge on any atom is -0.0297 e. The van der Waals surface area contributed by atoms with Crippen molar-refractivity contribution in [1.82, 2.24) is 0 Å². The first-order valence-electron chi connectivity index (χ1n) is 48.9. The van der Waals surface area contributed by atoms with Gasteiger partial charge in [0, 0.05) is 0 Å². The van der Waals surface area contributed by atoms with E-state index in [0.717, 1.165) is 100 Å². The summed E-state index contributed by atoms with van der Waals surface area (Å²) >= 11 is 0. The van der Waals surface area contributed by atoms with Gasteiger partial charge in [-0.2, -0.15) is 0 Å². The number of hydrogen-bond acceptors (Lipinski definition) is 0. The van der Waals surface area contributed by atoms with Gasteiger partial charge >= 0.3 is 0 Å². The summed E-state index contributed by atoms with van der Waals surface area (Å²) in [4.78, 5) is 0. The van der Waals surface area contributed by atoms with Crippen LogP contribution in [0.25, 0.3) is 0 Å². The Bertz CT molecular complexity index is 2210. The van der Waals surface area contributed by atoms with E-state index in [4.69, 9.17) is 0 Å². The molecule has 2 bridgehead atoms. The molecule has 0 amide bonds. The molecule has 0 aliphatic heterocycles. The van der Waals surface area contributed by atoms with Crippen molar-refractivity contribution in [2.75, 3.05) is 0 Å². The molecule has 12 saturated carbocycles. The lowest BCUT2D eigenvalue weighted by Gasteiger charge is -2.49. The summed E-state index contributed by atoms with van der Waals surface area (Å²) in [6, 6.07) is 0. The van der Waals surface area contributed by atoms with E-state index in [0.29, 0.717) is 65.0 Å². The first kappa shape index (κ1) is 106. The van der Waals surface area contributed by atoms with Crippen molar-refractivity contribution in [2.24, 2.45) is 165 Å². The zero-order chi connectivity index (χ0) is 83.9. The second-order valence-electron chi connectivity index (χ2n) is 52.1. The summed E-state index contributed by atoms with van der Waals surface area (Å²) in [6.45, 7) is 99.7. The van der Waals surface area contributed by atoms with Crippen LogP contribution in [0, 0.1) is 165 Å². The number of hydrogen-bond donors (Lipinski definition) is 0. The molecule has 0 saturated heterocycles. The molecule has 0 spiro atoms. The molecule has 0 N–H and O–H groups in total. The fraction of sp³-hybridized carbons (Fsp3) is 1.00. The van der Waals surface area contributed by atoms with Gasteiger partial charge in [0.2, 0.25) is 0 Å². The summed E-state index contributed by atoms with van der Waals surface area (Å²) in [5, 5.41) is 0. The Hall–Kier alpha value is 0. The third kappa shape index (κ3) is 40.9. The molecule has 12 aliphatic rings. The van der Waals surface area contributed by atoms with Gasteiger partial charge in [-0.05, 0) is 306 Å². The van der Waals surface area contributed by atoms with Crippen LogP contribution in [-0.2, 0) is 0 Å². The van der Waals surface area contributed by atoms with Crippen molar-refractivity contribution in [2.45, 2.75) is 528 Å². The largest absolute Gasteiger partial charge is 0.0683 e. The van der Waals surface area contributed by atoms with E-state index in [9.17, 15) is 0 Å². The normalized spacial score (nSPS) is 32.9. The quantitative estimate of drug-likeness (QED) is 0.263. The van der Waals surface area contributed by atoms with Crippen LogP contribution >= 0.6 is 0 Å². The molecule has 0 heteroatoms. The van der Waals surface area contributed by atoms with Gasteiger partial charge < -0.3 is 0 Å². The highest BCUT2D eigenvalue weighted by Gasteiger charge is 2.47. The van der Waals surface area contributed by atoms with Crippen molar-refractivity contribution < 1.29 is 0 Å². The van der Waals surface area contributed by atoms with Crippen molar-refractivity contribution in [3.8, 4) is 0 Å². The van der Waals surface area contributed by atoms with Crippen LogP contribution in [0.1, 0.15) is 528 Å². The molecule has 12 rings (SSSR count). The molecule has 5 unspecified atom stereocenters. The van der Waals surface area contributed by atoms with Gasteiger partial charge in [0.1, 0.15) is 0 Å². The Balaban J connectivity index is 0.000000594. The molecule has 0 aromatic carbocycles. The first-order valence-corrected chi connectivity index (χ1v) is 48.9. The molecule has 0 radical (unpaired) electrons. The standard InChI is InChI=1S/2C12H24.2C11H22.C9H16.3C9H18.3C8H16.C2H6/c1-10(2)7-11(3,4)9-12(5,6)8-10;1-6-10-7-11(2,3)9-12(4,5)8-10;1-9-6-10(2,3)8-11(4,5)7-9;1-9-10(2,3)7-6-8-11(9,4)5;1-7-5-8-3-4-9(7,2)6-8;1-8-4-6-9(2,3)7-5-8;1-8-6-4-5-7-9(8,2)3;1-7-5-4-6-8(2)9(7)3;1-6(2)8-4-7(3)5-8;1-8(2,3)7-5-4-6-7;1-3-7(2)8-5-4-6-8;1-2/h7-9H2,1-6H3;10H,6-9H2,1-5H3;2*9H,6-8H2,1-5H3;7-8H,3-6H2,1-2H3;2*8H,4-7H2,1-3H3;7-9H,4-6H2,1-3H3;6-8H,4-5H2,1-3H3;7H,4-6H2,1-3H3;7-8H,3-6H2,1-2H3;1-2H3/t;;;;7-,8?,9?;;8-;;;;;/m....0.1...../s1. The molecular formula is C108H216. The molecule has 108 heavy (non-hydrogen) atoms. The lowest BCUT2D eigenvalue weighted by Crippen LogP contribution is -2.38. The maximum atomic E-state index is 2.48. The molecule has 0 heterocycles. The Labute approximate surface area is 689 Å². The monoisotopic (exact) mass is 1510 g/mol. The lowest BCUT2D eigenvalue weighted by molar-refractivity contribution is 0.0202. The summed E-state index contributed by atoms with van der Waals surface area (Å²) in [7, 11) is 0. The highest BCUT2D eigenvalue weighted by Crippen LogP contribution is 2.58. The average Bonchev–Trinajstić information content (AvgIpc) is 1.56. The van der Waals surface area contributed by atoms with Crippen LogP contribution in [0.2, 0.25) is 0 Å². The van der Waals surface area contributed by atoms with Crippen LogP contribution < -0.4 is 0 Å². The summed E-state index contributed by atoms with van der Waals surface area (Å²) in [5.74, 6) is 15.9. The van der Waals surface area contributed by atoms with Crippen molar-refractivity contribution in [1.29, 1.82) is 0 Å². The van der Waals surface area contributed by atoms with Crippen molar-refractivity contribution in [3.63, 3.8) is 0 Å². The number of fused-ring (bicyclic) bond motifs is 2. The maximum absolute atomic E-state index is 2.48. The van der Waals surface area contributed by atoms with Crippen molar-refractivity contribution >= 4 is 0 Å². The minimum Gasteiger partial charge on any atom is -0.0683 e. The second kappa shape index (κ2) is 45.3. The third-order valence-electron chi connectivity index (χ3n) is 32.7. The van der Waals surface area contributed by atoms with E-state index in [2.05, 4.69) is 277 Å². The number of rotatable bonds is 4. The van der Waals surface area contributed by atoms with Crippen LogP contribution in [-0.4, -0.2) is 0 Å². The van der Waals surface area contributed by atoms with Crippen molar-refractivity contribution in [3.05, 3.63) is 0 Å². The van der Waals surface area contributed by atoms with E-state index >= 15 is 0 Å². The molecule has 0 aromatic heterocycles.